The van der Waals surface area contributed by atoms with E-state index < -0.39 is 22.4 Å². The Bertz CT molecular complexity index is 704. The van der Waals surface area contributed by atoms with Crippen LogP contribution in [0.5, 0.6) is 0 Å². The Kier molecular flexibility index (Phi) is 5.80. The molecule has 0 spiro atoms. The summed E-state index contributed by atoms with van der Waals surface area (Å²) in [7, 11) is -3.07. The standard InChI is InChI=1S/C15H18BrNO5S/c1-2-17(11-7-8-23(20,21)10-11)14(18)9-22-15(19)12-5-3-4-6-13(12)16/h3-6,11H,2,7-10H2,1H3/t11-/m0/s1. The van der Waals surface area contributed by atoms with Gasteiger partial charge in [-0.1, -0.05) is 12.1 Å². The summed E-state index contributed by atoms with van der Waals surface area (Å²) in [4.78, 5) is 25.7. The molecular weight excluding hydrogens is 386 g/mol. The van der Waals surface area contributed by atoms with Crippen LogP contribution in [0.1, 0.15) is 23.7 Å². The lowest BCUT2D eigenvalue weighted by molar-refractivity contribution is -0.136. The van der Waals surface area contributed by atoms with Crippen LogP contribution >= 0.6 is 15.9 Å². The van der Waals surface area contributed by atoms with Crippen molar-refractivity contribution in [3.63, 3.8) is 0 Å². The highest BCUT2D eigenvalue weighted by atomic mass is 79.9. The van der Waals surface area contributed by atoms with Gasteiger partial charge in [0.2, 0.25) is 0 Å². The van der Waals surface area contributed by atoms with Gasteiger partial charge >= 0.3 is 5.97 Å². The first kappa shape index (κ1) is 17.9. The molecule has 0 aromatic heterocycles. The highest BCUT2D eigenvalue weighted by Gasteiger charge is 2.34. The van der Waals surface area contributed by atoms with Gasteiger partial charge in [0.15, 0.2) is 16.4 Å². The van der Waals surface area contributed by atoms with Crippen molar-refractivity contribution in [1.29, 1.82) is 0 Å². The summed E-state index contributed by atoms with van der Waals surface area (Å²) in [6, 6.07) is 6.44. The van der Waals surface area contributed by atoms with Gasteiger partial charge in [0.05, 0.1) is 17.1 Å². The zero-order valence-electron chi connectivity index (χ0n) is 12.7. The van der Waals surface area contributed by atoms with Crippen molar-refractivity contribution in [1.82, 2.24) is 4.90 Å². The van der Waals surface area contributed by atoms with Crippen LogP contribution < -0.4 is 0 Å². The summed E-state index contributed by atoms with van der Waals surface area (Å²) in [5.41, 5.74) is 0.340. The molecular formula is C15H18BrNO5S. The number of hydrogen-bond acceptors (Lipinski definition) is 5. The van der Waals surface area contributed by atoms with Crippen molar-refractivity contribution >= 4 is 37.6 Å². The Morgan fingerprint density at radius 2 is 2.04 bits per heavy atom. The average Bonchev–Trinajstić information content (AvgIpc) is 2.86. The van der Waals surface area contributed by atoms with E-state index in [9.17, 15) is 18.0 Å². The van der Waals surface area contributed by atoms with E-state index in [1.807, 2.05) is 0 Å². The smallest absolute Gasteiger partial charge is 0.339 e. The second kappa shape index (κ2) is 7.44. The number of carbonyl (C=O) groups is 2. The van der Waals surface area contributed by atoms with Crippen LogP contribution in [0.3, 0.4) is 0 Å². The Labute approximate surface area is 143 Å². The molecule has 0 N–H and O–H groups in total. The van der Waals surface area contributed by atoms with Gasteiger partial charge in [-0.2, -0.15) is 0 Å². The van der Waals surface area contributed by atoms with Crippen molar-refractivity contribution in [3.05, 3.63) is 34.3 Å². The first-order valence-electron chi connectivity index (χ1n) is 7.25. The van der Waals surface area contributed by atoms with Gasteiger partial charge in [0.1, 0.15) is 0 Å². The van der Waals surface area contributed by atoms with Crippen molar-refractivity contribution in [2.45, 2.75) is 19.4 Å². The molecule has 1 fully saturated rings. The second-order valence-corrected chi connectivity index (χ2v) is 8.38. The fourth-order valence-corrected chi connectivity index (χ4v) is 4.75. The fourth-order valence-electron chi connectivity index (χ4n) is 2.57. The molecule has 6 nitrogen and oxygen atoms in total. The summed E-state index contributed by atoms with van der Waals surface area (Å²) in [5, 5.41) is 0. The molecule has 126 valence electrons. The van der Waals surface area contributed by atoms with Crippen LogP contribution in [0.4, 0.5) is 0 Å². The quantitative estimate of drug-likeness (QED) is 0.698. The maximum Gasteiger partial charge on any atom is 0.339 e. The predicted molar refractivity (Wildman–Crippen MR) is 88.9 cm³/mol. The zero-order chi connectivity index (χ0) is 17.0. The summed E-state index contributed by atoms with van der Waals surface area (Å²) in [6.07, 6.45) is 0.431. The minimum atomic E-state index is -3.07. The van der Waals surface area contributed by atoms with E-state index in [1.165, 1.54) is 4.90 Å². The predicted octanol–water partition coefficient (Wildman–Crippen LogP) is 1.64. The van der Waals surface area contributed by atoms with Crippen molar-refractivity contribution < 1.29 is 22.7 Å². The molecule has 0 aliphatic carbocycles. The first-order chi connectivity index (χ1) is 10.8. The van der Waals surface area contributed by atoms with Crippen LogP contribution in [-0.4, -0.2) is 55.9 Å². The number of rotatable bonds is 5. The summed E-state index contributed by atoms with van der Waals surface area (Å²) < 4.78 is 28.7. The molecule has 8 heteroatoms. The highest BCUT2D eigenvalue weighted by Crippen LogP contribution is 2.19. The van der Waals surface area contributed by atoms with Gasteiger partial charge in [-0.15, -0.1) is 0 Å². The molecule has 0 bridgehead atoms. The lowest BCUT2D eigenvalue weighted by Gasteiger charge is -2.26. The van der Waals surface area contributed by atoms with E-state index in [-0.39, 0.29) is 23.5 Å². The number of halogens is 1. The maximum atomic E-state index is 12.2. The summed E-state index contributed by atoms with van der Waals surface area (Å²) in [5.74, 6) is -0.904. The maximum absolute atomic E-state index is 12.2. The third-order valence-corrected chi connectivity index (χ3v) is 6.17. The number of esters is 1. The van der Waals surface area contributed by atoms with Gasteiger partial charge in [-0.05, 0) is 41.4 Å². The van der Waals surface area contributed by atoms with E-state index in [1.54, 1.807) is 31.2 Å². The third kappa shape index (κ3) is 4.54. The van der Waals surface area contributed by atoms with E-state index >= 15 is 0 Å². The zero-order valence-corrected chi connectivity index (χ0v) is 15.1. The van der Waals surface area contributed by atoms with Gasteiger partial charge in [0, 0.05) is 17.1 Å². The number of hydrogen-bond donors (Lipinski definition) is 0. The molecule has 1 amide bonds. The number of benzene rings is 1. The van der Waals surface area contributed by atoms with Crippen LogP contribution in [0.2, 0.25) is 0 Å². The highest BCUT2D eigenvalue weighted by molar-refractivity contribution is 9.10. The largest absolute Gasteiger partial charge is 0.452 e. The molecule has 0 saturated carbocycles. The average molecular weight is 404 g/mol. The Morgan fingerprint density at radius 1 is 1.35 bits per heavy atom. The monoisotopic (exact) mass is 403 g/mol. The van der Waals surface area contributed by atoms with Gasteiger partial charge in [0.25, 0.3) is 5.91 Å². The molecule has 1 aromatic rings. The lowest BCUT2D eigenvalue weighted by atomic mass is 10.2. The minimum Gasteiger partial charge on any atom is -0.452 e. The van der Waals surface area contributed by atoms with Crippen molar-refractivity contribution in [2.75, 3.05) is 24.7 Å². The number of nitrogens with zero attached hydrogens (tertiary/aromatic N) is 1. The minimum absolute atomic E-state index is 0.0231. The summed E-state index contributed by atoms with van der Waals surface area (Å²) in [6.45, 7) is 1.76. The third-order valence-electron chi connectivity index (χ3n) is 3.73. The number of likely N-dealkylation sites (N-methyl/N-ethyl adjacent to an activating group) is 1. The molecule has 1 aliphatic heterocycles. The molecule has 1 heterocycles. The summed E-state index contributed by atoms with van der Waals surface area (Å²) >= 11 is 3.25. The van der Waals surface area contributed by atoms with Crippen LogP contribution in [0.15, 0.2) is 28.7 Å². The molecule has 23 heavy (non-hydrogen) atoms. The van der Waals surface area contributed by atoms with Gasteiger partial charge in [-0.25, -0.2) is 13.2 Å². The Balaban J connectivity index is 1.95. The number of ether oxygens (including phenoxy) is 1. The molecule has 0 radical (unpaired) electrons. The van der Waals surface area contributed by atoms with Crippen LogP contribution in [0.25, 0.3) is 0 Å². The fraction of sp³-hybridized carbons (Fsp3) is 0.467. The van der Waals surface area contributed by atoms with E-state index in [2.05, 4.69) is 15.9 Å². The topological polar surface area (TPSA) is 80.8 Å². The number of sulfone groups is 1. The normalized spacial score (nSPS) is 19.3. The van der Waals surface area contributed by atoms with E-state index in [0.717, 1.165) is 0 Å². The SMILES string of the molecule is CCN(C(=O)COC(=O)c1ccccc1Br)[C@H]1CCS(=O)(=O)C1. The molecule has 0 unspecified atom stereocenters. The van der Waals surface area contributed by atoms with Gasteiger partial charge in [-0.3, -0.25) is 4.79 Å². The van der Waals surface area contributed by atoms with Gasteiger partial charge < -0.3 is 9.64 Å². The second-order valence-electron chi connectivity index (χ2n) is 5.29. The first-order valence-corrected chi connectivity index (χ1v) is 9.87. The molecule has 1 aromatic carbocycles. The molecule has 2 rings (SSSR count). The van der Waals surface area contributed by atoms with E-state index in [4.69, 9.17) is 4.74 Å². The lowest BCUT2D eigenvalue weighted by Crippen LogP contribution is -2.43. The number of amides is 1. The van der Waals surface area contributed by atoms with Crippen LogP contribution in [0, 0.1) is 0 Å². The molecule has 1 aliphatic rings. The van der Waals surface area contributed by atoms with Crippen molar-refractivity contribution in [2.24, 2.45) is 0 Å². The Hall–Kier alpha value is -1.41. The van der Waals surface area contributed by atoms with Crippen LogP contribution in [-0.2, 0) is 19.4 Å². The molecule has 1 atom stereocenters. The van der Waals surface area contributed by atoms with Crippen molar-refractivity contribution in [3.8, 4) is 0 Å². The number of carbonyl (C=O) groups excluding carboxylic acids is 2. The Morgan fingerprint density at radius 3 is 2.61 bits per heavy atom. The van der Waals surface area contributed by atoms with E-state index in [0.29, 0.717) is 23.0 Å². The molecule has 1 saturated heterocycles.